The maximum absolute atomic E-state index is 12.0. The predicted molar refractivity (Wildman–Crippen MR) is 83.5 cm³/mol. The highest BCUT2D eigenvalue weighted by Crippen LogP contribution is 2.30. The lowest BCUT2D eigenvalue weighted by atomic mass is 10.0. The molecule has 1 N–H and O–H groups in total. The Bertz CT molecular complexity index is 476. The normalized spacial score (nSPS) is 21.1. The Morgan fingerprint density at radius 3 is 2.50 bits per heavy atom. The lowest BCUT2D eigenvalue weighted by molar-refractivity contribution is -0.185. The molecule has 5 nitrogen and oxygen atoms in total. The van der Waals surface area contributed by atoms with Crippen molar-refractivity contribution in [2.45, 2.75) is 25.0 Å². The third-order valence-electron chi connectivity index (χ3n) is 4.38. The number of ether oxygens (including phenoxy) is 2. The number of carbonyl (C=O) groups excluding carboxylic acids is 1. The van der Waals surface area contributed by atoms with E-state index < -0.39 is 0 Å². The van der Waals surface area contributed by atoms with Crippen LogP contribution in [0.1, 0.15) is 18.4 Å². The summed E-state index contributed by atoms with van der Waals surface area (Å²) in [4.78, 5) is 14.2. The van der Waals surface area contributed by atoms with E-state index in [-0.39, 0.29) is 11.7 Å². The minimum absolute atomic E-state index is 0.0974. The molecule has 3 rings (SSSR count). The number of rotatable bonds is 5. The fraction of sp³-hybridized carbons (Fsp3) is 0.588. The molecule has 1 spiro atoms. The van der Waals surface area contributed by atoms with E-state index in [9.17, 15) is 4.79 Å². The first-order valence-corrected chi connectivity index (χ1v) is 8.07. The van der Waals surface area contributed by atoms with Crippen LogP contribution >= 0.6 is 0 Å². The van der Waals surface area contributed by atoms with Gasteiger partial charge in [0.2, 0.25) is 5.91 Å². The average molecular weight is 304 g/mol. The summed E-state index contributed by atoms with van der Waals surface area (Å²) in [5, 5.41) is 3.00. The lowest BCUT2D eigenvalue weighted by Gasteiger charge is -2.37. The van der Waals surface area contributed by atoms with Gasteiger partial charge in [0.25, 0.3) is 0 Å². The summed E-state index contributed by atoms with van der Waals surface area (Å²) in [6, 6.07) is 10.2. The van der Waals surface area contributed by atoms with Crippen molar-refractivity contribution < 1.29 is 14.3 Å². The SMILES string of the molecule is O=C(CN1CCC2(CC1)OCCO2)NCCc1ccccc1. The number of likely N-dealkylation sites (tertiary alicyclic amines) is 1. The average Bonchev–Trinajstić information content (AvgIpc) is 2.99. The zero-order valence-corrected chi connectivity index (χ0v) is 12.9. The topological polar surface area (TPSA) is 50.8 Å². The van der Waals surface area contributed by atoms with Crippen molar-refractivity contribution in [2.24, 2.45) is 0 Å². The maximum atomic E-state index is 12.0. The molecule has 5 heteroatoms. The zero-order valence-electron chi connectivity index (χ0n) is 12.9. The highest BCUT2D eigenvalue weighted by atomic mass is 16.7. The van der Waals surface area contributed by atoms with Crippen molar-refractivity contribution in [1.29, 1.82) is 0 Å². The molecule has 1 amide bonds. The summed E-state index contributed by atoms with van der Waals surface area (Å²) >= 11 is 0. The summed E-state index contributed by atoms with van der Waals surface area (Å²) in [6.07, 6.45) is 2.58. The van der Waals surface area contributed by atoms with Crippen LogP contribution in [-0.4, -0.2) is 56.0 Å². The standard InChI is InChI=1S/C17H24N2O3/c20-16(18-9-6-15-4-2-1-3-5-15)14-19-10-7-17(8-11-19)21-12-13-22-17/h1-5H,6-14H2,(H,18,20). The second-order valence-electron chi connectivity index (χ2n) is 5.97. The first kappa shape index (κ1) is 15.5. The van der Waals surface area contributed by atoms with Gasteiger partial charge in [-0.25, -0.2) is 0 Å². The van der Waals surface area contributed by atoms with Crippen LogP contribution in [0.25, 0.3) is 0 Å². The molecule has 0 saturated carbocycles. The Morgan fingerprint density at radius 1 is 1.14 bits per heavy atom. The van der Waals surface area contributed by atoms with E-state index >= 15 is 0 Å². The van der Waals surface area contributed by atoms with Crippen molar-refractivity contribution in [3.05, 3.63) is 35.9 Å². The number of benzene rings is 1. The number of piperidine rings is 1. The van der Waals surface area contributed by atoms with Crippen LogP contribution < -0.4 is 5.32 Å². The first-order valence-electron chi connectivity index (χ1n) is 8.07. The maximum Gasteiger partial charge on any atom is 0.234 e. The Balaban J connectivity index is 1.34. The predicted octanol–water partition coefficient (Wildman–Crippen LogP) is 1.18. The van der Waals surface area contributed by atoms with Crippen molar-refractivity contribution in [3.63, 3.8) is 0 Å². The van der Waals surface area contributed by atoms with E-state index in [1.807, 2.05) is 18.2 Å². The van der Waals surface area contributed by atoms with Crippen molar-refractivity contribution in [3.8, 4) is 0 Å². The van der Waals surface area contributed by atoms with Gasteiger partial charge in [0.15, 0.2) is 5.79 Å². The first-order chi connectivity index (χ1) is 10.8. The van der Waals surface area contributed by atoms with Crippen LogP contribution in [0, 0.1) is 0 Å². The molecular formula is C17H24N2O3. The fourth-order valence-electron chi connectivity index (χ4n) is 3.09. The molecule has 1 aromatic carbocycles. The molecule has 0 aliphatic carbocycles. The molecule has 120 valence electrons. The number of hydrogen-bond acceptors (Lipinski definition) is 4. The Morgan fingerprint density at radius 2 is 1.82 bits per heavy atom. The number of nitrogens with zero attached hydrogens (tertiary/aromatic N) is 1. The largest absolute Gasteiger partial charge is 0.355 e. The summed E-state index contributed by atoms with van der Waals surface area (Å²) in [6.45, 7) is 4.25. The van der Waals surface area contributed by atoms with Gasteiger partial charge in [-0.3, -0.25) is 9.69 Å². The second kappa shape index (κ2) is 7.22. The zero-order chi connectivity index (χ0) is 15.3. The number of nitrogens with one attached hydrogen (secondary N) is 1. The van der Waals surface area contributed by atoms with Crippen LogP contribution in [-0.2, 0) is 20.7 Å². The van der Waals surface area contributed by atoms with E-state index in [0.29, 0.717) is 26.3 Å². The molecule has 22 heavy (non-hydrogen) atoms. The van der Waals surface area contributed by atoms with Crippen LogP contribution in [0.4, 0.5) is 0 Å². The molecule has 0 radical (unpaired) electrons. The van der Waals surface area contributed by atoms with Gasteiger partial charge in [0.05, 0.1) is 19.8 Å². The van der Waals surface area contributed by atoms with Crippen molar-refractivity contribution in [2.75, 3.05) is 39.4 Å². The van der Waals surface area contributed by atoms with Gasteiger partial charge < -0.3 is 14.8 Å². The van der Waals surface area contributed by atoms with Crippen LogP contribution in [0.15, 0.2) is 30.3 Å². The van der Waals surface area contributed by atoms with Crippen LogP contribution in [0.2, 0.25) is 0 Å². The number of amides is 1. The molecular weight excluding hydrogens is 280 g/mol. The van der Waals surface area contributed by atoms with Gasteiger partial charge in [0, 0.05) is 32.5 Å². The Kier molecular flexibility index (Phi) is 5.08. The lowest BCUT2D eigenvalue weighted by Crippen LogP contribution is -2.48. The third-order valence-corrected chi connectivity index (χ3v) is 4.38. The highest BCUT2D eigenvalue weighted by molar-refractivity contribution is 5.78. The van der Waals surface area contributed by atoms with E-state index in [1.54, 1.807) is 0 Å². The summed E-state index contributed by atoms with van der Waals surface area (Å²) in [5.74, 6) is -0.263. The summed E-state index contributed by atoms with van der Waals surface area (Å²) in [5.41, 5.74) is 1.25. The molecule has 2 saturated heterocycles. The molecule has 0 atom stereocenters. The van der Waals surface area contributed by atoms with Crippen molar-refractivity contribution in [1.82, 2.24) is 10.2 Å². The van der Waals surface area contributed by atoms with Crippen LogP contribution in [0.5, 0.6) is 0 Å². The van der Waals surface area contributed by atoms with Crippen molar-refractivity contribution >= 4 is 5.91 Å². The van der Waals surface area contributed by atoms with Gasteiger partial charge >= 0.3 is 0 Å². The molecule has 2 heterocycles. The minimum atomic E-state index is -0.361. The molecule has 2 aliphatic heterocycles. The monoisotopic (exact) mass is 304 g/mol. The van der Waals surface area contributed by atoms with E-state index in [0.717, 1.165) is 32.4 Å². The van der Waals surface area contributed by atoms with Gasteiger partial charge in [-0.15, -0.1) is 0 Å². The number of carbonyl (C=O) groups is 1. The van der Waals surface area contributed by atoms with E-state index in [4.69, 9.17) is 9.47 Å². The minimum Gasteiger partial charge on any atom is -0.355 e. The molecule has 0 unspecified atom stereocenters. The number of hydrogen-bond donors (Lipinski definition) is 1. The quantitative estimate of drug-likeness (QED) is 0.887. The molecule has 0 bridgehead atoms. The van der Waals surface area contributed by atoms with Gasteiger partial charge in [-0.2, -0.15) is 0 Å². The van der Waals surface area contributed by atoms with E-state index in [1.165, 1.54) is 5.56 Å². The third kappa shape index (κ3) is 4.06. The molecule has 2 fully saturated rings. The summed E-state index contributed by atoms with van der Waals surface area (Å²) in [7, 11) is 0. The van der Waals surface area contributed by atoms with E-state index in [2.05, 4.69) is 22.3 Å². The smallest absolute Gasteiger partial charge is 0.234 e. The summed E-state index contributed by atoms with van der Waals surface area (Å²) < 4.78 is 11.4. The van der Waals surface area contributed by atoms with Gasteiger partial charge in [0.1, 0.15) is 0 Å². The fourth-order valence-corrected chi connectivity index (χ4v) is 3.09. The highest BCUT2D eigenvalue weighted by Gasteiger charge is 2.39. The molecule has 0 aromatic heterocycles. The molecule has 2 aliphatic rings. The van der Waals surface area contributed by atoms with Gasteiger partial charge in [-0.1, -0.05) is 30.3 Å². The second-order valence-corrected chi connectivity index (χ2v) is 5.97. The molecule has 1 aromatic rings. The Labute approximate surface area is 131 Å². The Hall–Kier alpha value is -1.43. The van der Waals surface area contributed by atoms with Gasteiger partial charge in [-0.05, 0) is 12.0 Å². The van der Waals surface area contributed by atoms with Crippen LogP contribution in [0.3, 0.4) is 0 Å².